The summed E-state index contributed by atoms with van der Waals surface area (Å²) in [5.74, 6) is 0.0436. The molecule has 5 rings (SSSR count). The monoisotopic (exact) mass is 531 g/mol. The summed E-state index contributed by atoms with van der Waals surface area (Å²) < 4.78 is 34.2. The zero-order chi connectivity index (χ0) is 26.5. The van der Waals surface area contributed by atoms with Crippen LogP contribution in [0.3, 0.4) is 0 Å². The van der Waals surface area contributed by atoms with Crippen molar-refractivity contribution in [3.8, 4) is 11.3 Å². The van der Waals surface area contributed by atoms with Crippen molar-refractivity contribution in [1.82, 2.24) is 29.1 Å². The SMILES string of the molecule is CC.Cc1nc2c(F)cc(-c3nc(NC4CCN(SC5CCNCC5)CC4)ncc3F)cc2n1C(C)C. The summed E-state index contributed by atoms with van der Waals surface area (Å²) >= 11 is 2.00. The van der Waals surface area contributed by atoms with E-state index in [4.69, 9.17) is 0 Å². The van der Waals surface area contributed by atoms with Gasteiger partial charge in [0.05, 0.1) is 11.7 Å². The van der Waals surface area contributed by atoms with Crippen LogP contribution in [0.1, 0.15) is 65.2 Å². The molecule has 2 aliphatic rings. The molecule has 4 heterocycles. The standard InChI is InChI=1S/C25H33F2N7S.C2H6/c1-15(2)34-16(3)30-24-20(26)12-17(13-22(24)34)23-21(27)14-29-25(32-23)31-18-6-10-33(11-7-18)35-19-4-8-28-9-5-19;1-2/h12-15,18-19,28H,4-11H2,1-3H3,(H,29,31,32);1-2H3. The molecule has 0 spiro atoms. The summed E-state index contributed by atoms with van der Waals surface area (Å²) in [6.07, 6.45) is 5.56. The highest BCUT2D eigenvalue weighted by atomic mass is 32.2. The molecule has 0 unspecified atom stereocenters. The molecule has 0 radical (unpaired) electrons. The number of aryl methyl sites for hydroxylation is 1. The molecule has 10 heteroatoms. The summed E-state index contributed by atoms with van der Waals surface area (Å²) in [6.45, 7) is 14.1. The van der Waals surface area contributed by atoms with Crippen LogP contribution in [-0.4, -0.2) is 61.3 Å². The summed E-state index contributed by atoms with van der Waals surface area (Å²) in [6, 6.07) is 3.40. The third kappa shape index (κ3) is 6.41. The lowest BCUT2D eigenvalue weighted by molar-refractivity contribution is 0.353. The van der Waals surface area contributed by atoms with Crippen LogP contribution >= 0.6 is 11.9 Å². The molecule has 2 fully saturated rings. The Morgan fingerprint density at radius 2 is 1.73 bits per heavy atom. The fraction of sp³-hybridized carbons (Fsp3) is 0.593. The van der Waals surface area contributed by atoms with Crippen LogP contribution in [0.25, 0.3) is 22.3 Å². The van der Waals surface area contributed by atoms with Crippen molar-refractivity contribution in [1.29, 1.82) is 0 Å². The van der Waals surface area contributed by atoms with Gasteiger partial charge in [0.2, 0.25) is 5.95 Å². The fourth-order valence-corrected chi connectivity index (χ4v) is 6.39. The van der Waals surface area contributed by atoms with E-state index in [1.807, 2.05) is 51.1 Å². The highest BCUT2D eigenvalue weighted by molar-refractivity contribution is 7.97. The van der Waals surface area contributed by atoms with Gasteiger partial charge in [0, 0.05) is 36.0 Å². The number of benzene rings is 1. The molecule has 2 N–H and O–H groups in total. The van der Waals surface area contributed by atoms with Crippen molar-refractivity contribution >= 4 is 28.9 Å². The van der Waals surface area contributed by atoms with Crippen molar-refractivity contribution in [2.75, 3.05) is 31.5 Å². The number of halogens is 2. The average Bonchev–Trinajstić information content (AvgIpc) is 3.25. The molecule has 0 bridgehead atoms. The van der Waals surface area contributed by atoms with Crippen LogP contribution in [-0.2, 0) is 0 Å². The summed E-state index contributed by atoms with van der Waals surface area (Å²) in [5, 5.41) is 7.51. The molecule has 0 saturated carbocycles. The molecule has 37 heavy (non-hydrogen) atoms. The first-order valence-electron chi connectivity index (χ1n) is 13.5. The first kappa shape index (κ1) is 27.7. The third-order valence-electron chi connectivity index (χ3n) is 6.83. The molecule has 2 aromatic heterocycles. The molecule has 0 aliphatic carbocycles. The molecular weight excluding hydrogens is 492 g/mol. The normalized spacial score (nSPS) is 17.7. The van der Waals surface area contributed by atoms with Gasteiger partial charge in [0.1, 0.15) is 17.0 Å². The van der Waals surface area contributed by atoms with Gasteiger partial charge >= 0.3 is 0 Å². The average molecular weight is 532 g/mol. The van der Waals surface area contributed by atoms with Crippen LogP contribution in [0.4, 0.5) is 14.7 Å². The van der Waals surface area contributed by atoms with E-state index in [0.717, 1.165) is 44.8 Å². The second kappa shape index (κ2) is 12.5. The van der Waals surface area contributed by atoms with Crippen LogP contribution < -0.4 is 10.6 Å². The van der Waals surface area contributed by atoms with Crippen LogP contribution in [0.15, 0.2) is 18.3 Å². The maximum atomic E-state index is 14.9. The van der Waals surface area contributed by atoms with E-state index in [0.29, 0.717) is 27.8 Å². The number of nitrogens with zero attached hydrogens (tertiary/aromatic N) is 5. The molecule has 0 amide bonds. The van der Waals surface area contributed by atoms with E-state index in [1.165, 1.54) is 25.1 Å². The molecule has 0 atom stereocenters. The minimum atomic E-state index is -0.574. The zero-order valence-electron chi connectivity index (χ0n) is 22.5. The van der Waals surface area contributed by atoms with Crippen molar-refractivity contribution in [3.05, 3.63) is 35.8 Å². The minimum Gasteiger partial charge on any atom is -0.351 e. The first-order valence-corrected chi connectivity index (χ1v) is 14.3. The van der Waals surface area contributed by atoms with Crippen LogP contribution in [0.5, 0.6) is 0 Å². The van der Waals surface area contributed by atoms with Crippen LogP contribution in [0, 0.1) is 18.6 Å². The van der Waals surface area contributed by atoms with Gasteiger partial charge in [-0.1, -0.05) is 25.8 Å². The van der Waals surface area contributed by atoms with E-state index >= 15 is 0 Å². The summed E-state index contributed by atoms with van der Waals surface area (Å²) in [7, 11) is 0. The maximum Gasteiger partial charge on any atom is 0.223 e. The van der Waals surface area contributed by atoms with E-state index in [1.54, 1.807) is 6.07 Å². The van der Waals surface area contributed by atoms with E-state index in [-0.39, 0.29) is 17.8 Å². The number of hydrogen-bond acceptors (Lipinski definition) is 7. The van der Waals surface area contributed by atoms with Gasteiger partial charge in [-0.3, -0.25) is 4.31 Å². The minimum absolute atomic E-state index is 0.0939. The van der Waals surface area contributed by atoms with Gasteiger partial charge in [-0.05, 0) is 71.7 Å². The van der Waals surface area contributed by atoms with Crippen molar-refractivity contribution < 1.29 is 8.78 Å². The lowest BCUT2D eigenvalue weighted by Crippen LogP contribution is -2.38. The van der Waals surface area contributed by atoms with Gasteiger partial charge in [-0.25, -0.2) is 23.7 Å². The Morgan fingerprint density at radius 3 is 2.41 bits per heavy atom. The third-order valence-corrected chi connectivity index (χ3v) is 8.26. The van der Waals surface area contributed by atoms with Crippen molar-refractivity contribution in [2.45, 2.75) is 77.6 Å². The number of hydrogen-bond donors (Lipinski definition) is 2. The number of nitrogens with one attached hydrogen (secondary N) is 2. The summed E-state index contributed by atoms with van der Waals surface area (Å²) in [4.78, 5) is 13.0. The Labute approximate surface area is 223 Å². The Hall–Kier alpha value is -2.30. The fourth-order valence-electron chi connectivity index (χ4n) is 5.10. The number of piperidine rings is 2. The number of anilines is 1. The van der Waals surface area contributed by atoms with Gasteiger partial charge < -0.3 is 15.2 Å². The molecule has 2 saturated heterocycles. The second-order valence-electron chi connectivity index (χ2n) is 9.74. The second-order valence-corrected chi connectivity index (χ2v) is 11.1. The van der Waals surface area contributed by atoms with Gasteiger partial charge in [0.25, 0.3) is 0 Å². The number of fused-ring (bicyclic) bond motifs is 1. The Balaban J connectivity index is 0.00000156. The lowest BCUT2D eigenvalue weighted by Gasteiger charge is -2.34. The largest absolute Gasteiger partial charge is 0.351 e. The molecule has 7 nitrogen and oxygen atoms in total. The topological polar surface area (TPSA) is 70.9 Å². The molecule has 1 aromatic carbocycles. The van der Waals surface area contributed by atoms with Gasteiger partial charge in [-0.2, -0.15) is 0 Å². The van der Waals surface area contributed by atoms with E-state index in [2.05, 4.69) is 29.9 Å². The number of aromatic nitrogens is 4. The number of rotatable bonds is 6. The quantitative estimate of drug-likeness (QED) is 0.380. The lowest BCUT2D eigenvalue weighted by atomic mass is 10.1. The van der Waals surface area contributed by atoms with Crippen molar-refractivity contribution in [3.63, 3.8) is 0 Å². The predicted octanol–water partition coefficient (Wildman–Crippen LogP) is 5.96. The molecule has 3 aromatic rings. The molecular formula is C27H39F2N7S. The summed E-state index contributed by atoms with van der Waals surface area (Å²) in [5.41, 5.74) is 1.41. The van der Waals surface area contributed by atoms with Gasteiger partial charge in [0.15, 0.2) is 11.6 Å². The molecule has 202 valence electrons. The number of imidazole rings is 1. The highest BCUT2D eigenvalue weighted by Crippen LogP contribution is 2.31. The van der Waals surface area contributed by atoms with E-state index < -0.39 is 11.6 Å². The highest BCUT2D eigenvalue weighted by Gasteiger charge is 2.24. The van der Waals surface area contributed by atoms with Crippen molar-refractivity contribution in [2.24, 2.45) is 0 Å². The zero-order valence-corrected chi connectivity index (χ0v) is 23.3. The maximum absolute atomic E-state index is 14.9. The molecule has 2 aliphatic heterocycles. The smallest absolute Gasteiger partial charge is 0.223 e. The Kier molecular flexibility index (Phi) is 9.36. The van der Waals surface area contributed by atoms with Crippen LogP contribution in [0.2, 0.25) is 0 Å². The Morgan fingerprint density at radius 1 is 1.03 bits per heavy atom. The Bertz CT molecular complexity index is 1190. The van der Waals surface area contributed by atoms with Gasteiger partial charge in [-0.15, -0.1) is 0 Å². The van der Waals surface area contributed by atoms with E-state index in [9.17, 15) is 8.78 Å². The first-order chi connectivity index (χ1) is 17.9. The predicted molar refractivity (Wildman–Crippen MR) is 149 cm³/mol.